The second-order valence-electron chi connectivity index (χ2n) is 3.40. The number of rotatable bonds is 3. The molecule has 0 radical (unpaired) electrons. The lowest BCUT2D eigenvalue weighted by Crippen LogP contribution is -2.14. The highest BCUT2D eigenvalue weighted by Crippen LogP contribution is 2.13. The van der Waals surface area contributed by atoms with Gasteiger partial charge in [0.25, 0.3) is 5.91 Å². The minimum Gasteiger partial charge on any atom is -0.481 e. The van der Waals surface area contributed by atoms with Crippen molar-refractivity contribution in [1.82, 2.24) is 9.97 Å². The number of carbonyl (C=O) groups is 1. The molecule has 6 heteroatoms. The summed E-state index contributed by atoms with van der Waals surface area (Å²) in [5.41, 5.74) is 0.387. The number of nitrogens with zero attached hydrogens (tertiary/aromatic N) is 2. The van der Waals surface area contributed by atoms with Crippen LogP contribution in [0.3, 0.4) is 0 Å². The van der Waals surface area contributed by atoms with Gasteiger partial charge in [0.2, 0.25) is 5.88 Å². The maximum Gasteiger partial charge on any atom is 0.258 e. The third-order valence-corrected chi connectivity index (χ3v) is 2.22. The minimum absolute atomic E-state index is 0.0687. The van der Waals surface area contributed by atoms with E-state index >= 15 is 0 Å². The minimum atomic E-state index is -0.670. The number of hydrogen-bond acceptors (Lipinski definition) is 4. The summed E-state index contributed by atoms with van der Waals surface area (Å²) in [5.74, 6) is -0.790. The maximum atomic E-state index is 13.3. The summed E-state index contributed by atoms with van der Waals surface area (Å²) >= 11 is 0. The fraction of sp³-hybridized carbons (Fsp3) is 0.0833. The molecular formula is C12H10FN3O2. The van der Waals surface area contributed by atoms with Gasteiger partial charge in [-0.3, -0.25) is 9.78 Å². The molecule has 1 amide bonds. The van der Waals surface area contributed by atoms with Gasteiger partial charge in [-0.2, -0.15) is 0 Å². The third-order valence-electron chi connectivity index (χ3n) is 2.22. The van der Waals surface area contributed by atoms with Crippen LogP contribution in [0.1, 0.15) is 10.4 Å². The Hall–Kier alpha value is -2.50. The SMILES string of the molecule is COc1ccc(NC(=O)c2ccncc2F)cn1. The number of anilines is 1. The molecule has 0 spiro atoms. The van der Waals surface area contributed by atoms with Crippen molar-refractivity contribution in [2.75, 3.05) is 12.4 Å². The van der Waals surface area contributed by atoms with Gasteiger partial charge in [0.05, 0.1) is 30.8 Å². The quantitative estimate of drug-likeness (QED) is 0.899. The summed E-state index contributed by atoms with van der Waals surface area (Å²) < 4.78 is 18.2. The van der Waals surface area contributed by atoms with Crippen molar-refractivity contribution in [2.24, 2.45) is 0 Å². The Morgan fingerprint density at radius 3 is 2.78 bits per heavy atom. The Kier molecular flexibility index (Phi) is 3.47. The first-order valence-electron chi connectivity index (χ1n) is 5.11. The first-order chi connectivity index (χ1) is 8.70. The zero-order chi connectivity index (χ0) is 13.0. The van der Waals surface area contributed by atoms with E-state index < -0.39 is 11.7 Å². The molecule has 0 aromatic carbocycles. The smallest absolute Gasteiger partial charge is 0.258 e. The summed E-state index contributed by atoms with van der Waals surface area (Å²) in [6.07, 6.45) is 3.77. The average Bonchev–Trinajstić information content (AvgIpc) is 2.40. The monoisotopic (exact) mass is 247 g/mol. The Bertz CT molecular complexity index is 558. The first-order valence-corrected chi connectivity index (χ1v) is 5.11. The van der Waals surface area contributed by atoms with Crippen LogP contribution in [0.15, 0.2) is 36.8 Å². The predicted octanol–water partition coefficient (Wildman–Crippen LogP) is 1.88. The van der Waals surface area contributed by atoms with E-state index in [0.29, 0.717) is 11.6 Å². The van der Waals surface area contributed by atoms with E-state index in [9.17, 15) is 9.18 Å². The number of carbonyl (C=O) groups excluding carboxylic acids is 1. The van der Waals surface area contributed by atoms with Gasteiger partial charge < -0.3 is 10.1 Å². The Morgan fingerprint density at radius 1 is 1.33 bits per heavy atom. The molecule has 0 bridgehead atoms. The van der Waals surface area contributed by atoms with Crippen LogP contribution in [0.5, 0.6) is 5.88 Å². The molecule has 2 rings (SSSR count). The molecule has 0 aliphatic heterocycles. The van der Waals surface area contributed by atoms with Crippen LogP contribution in [0.4, 0.5) is 10.1 Å². The van der Waals surface area contributed by atoms with Crippen LogP contribution in [-0.2, 0) is 0 Å². The maximum absolute atomic E-state index is 13.3. The first kappa shape index (κ1) is 12.0. The van der Waals surface area contributed by atoms with E-state index in [0.717, 1.165) is 6.20 Å². The normalized spacial score (nSPS) is 9.89. The molecule has 0 atom stereocenters. The highest BCUT2D eigenvalue weighted by Gasteiger charge is 2.11. The van der Waals surface area contributed by atoms with Gasteiger partial charge in [-0.1, -0.05) is 0 Å². The molecule has 2 heterocycles. The van der Waals surface area contributed by atoms with Gasteiger partial charge in [0.1, 0.15) is 0 Å². The fourth-order valence-electron chi connectivity index (χ4n) is 1.33. The van der Waals surface area contributed by atoms with Gasteiger partial charge in [-0.15, -0.1) is 0 Å². The van der Waals surface area contributed by atoms with Crippen LogP contribution >= 0.6 is 0 Å². The topological polar surface area (TPSA) is 64.1 Å². The van der Waals surface area contributed by atoms with Crippen molar-refractivity contribution >= 4 is 11.6 Å². The summed E-state index contributed by atoms with van der Waals surface area (Å²) in [6.45, 7) is 0. The molecule has 0 aliphatic rings. The molecule has 18 heavy (non-hydrogen) atoms. The predicted molar refractivity (Wildman–Crippen MR) is 62.9 cm³/mol. The molecule has 0 fully saturated rings. The standard InChI is InChI=1S/C12H10FN3O2/c1-18-11-3-2-8(6-15-11)16-12(17)9-4-5-14-7-10(9)13/h2-7H,1H3,(H,16,17). The second-order valence-corrected chi connectivity index (χ2v) is 3.40. The number of hydrogen-bond donors (Lipinski definition) is 1. The van der Waals surface area contributed by atoms with Crippen LogP contribution in [0.2, 0.25) is 0 Å². The lowest BCUT2D eigenvalue weighted by molar-refractivity contribution is 0.102. The van der Waals surface area contributed by atoms with Crippen molar-refractivity contribution in [3.63, 3.8) is 0 Å². The molecule has 5 nitrogen and oxygen atoms in total. The Morgan fingerprint density at radius 2 is 2.17 bits per heavy atom. The van der Waals surface area contributed by atoms with Gasteiger partial charge in [-0.05, 0) is 12.1 Å². The lowest BCUT2D eigenvalue weighted by Gasteiger charge is -2.06. The molecule has 2 aromatic rings. The van der Waals surface area contributed by atoms with Gasteiger partial charge in [0, 0.05) is 12.3 Å². The van der Waals surface area contributed by atoms with Gasteiger partial charge >= 0.3 is 0 Å². The van der Waals surface area contributed by atoms with Crippen LogP contribution in [0, 0.1) is 5.82 Å². The van der Waals surface area contributed by atoms with Gasteiger partial charge in [-0.25, -0.2) is 9.37 Å². The van der Waals surface area contributed by atoms with Crippen molar-refractivity contribution < 1.29 is 13.9 Å². The third kappa shape index (κ3) is 2.60. The summed E-state index contributed by atoms with van der Waals surface area (Å²) in [7, 11) is 1.49. The summed E-state index contributed by atoms with van der Waals surface area (Å²) in [6, 6.07) is 4.52. The van der Waals surface area contributed by atoms with E-state index in [4.69, 9.17) is 4.74 Å². The van der Waals surface area contributed by atoms with E-state index in [-0.39, 0.29) is 5.56 Å². The van der Waals surface area contributed by atoms with E-state index in [1.807, 2.05) is 0 Å². The zero-order valence-corrected chi connectivity index (χ0v) is 9.55. The number of ether oxygens (including phenoxy) is 1. The Balaban J connectivity index is 2.14. The van der Waals surface area contributed by atoms with Crippen LogP contribution in [-0.4, -0.2) is 23.0 Å². The molecule has 0 saturated carbocycles. The largest absolute Gasteiger partial charge is 0.481 e. The van der Waals surface area contributed by atoms with Gasteiger partial charge in [0.15, 0.2) is 5.82 Å². The second kappa shape index (κ2) is 5.22. The number of halogens is 1. The van der Waals surface area contributed by atoms with Crippen molar-refractivity contribution in [3.8, 4) is 5.88 Å². The van der Waals surface area contributed by atoms with E-state index in [1.54, 1.807) is 12.1 Å². The van der Waals surface area contributed by atoms with Crippen LogP contribution in [0.25, 0.3) is 0 Å². The van der Waals surface area contributed by atoms with Crippen LogP contribution < -0.4 is 10.1 Å². The summed E-state index contributed by atoms with van der Waals surface area (Å²) in [4.78, 5) is 19.2. The Labute approximate surface area is 103 Å². The number of aromatic nitrogens is 2. The van der Waals surface area contributed by atoms with Crippen molar-refractivity contribution in [2.45, 2.75) is 0 Å². The molecule has 2 aromatic heterocycles. The number of amides is 1. The molecule has 1 N–H and O–H groups in total. The molecule has 92 valence electrons. The highest BCUT2D eigenvalue weighted by molar-refractivity contribution is 6.04. The molecular weight excluding hydrogens is 237 g/mol. The van der Waals surface area contributed by atoms with Crippen molar-refractivity contribution in [1.29, 1.82) is 0 Å². The molecule has 0 saturated heterocycles. The lowest BCUT2D eigenvalue weighted by atomic mass is 10.2. The van der Waals surface area contributed by atoms with E-state index in [2.05, 4.69) is 15.3 Å². The molecule has 0 unspecified atom stereocenters. The number of pyridine rings is 2. The number of methoxy groups -OCH3 is 1. The highest BCUT2D eigenvalue weighted by atomic mass is 19.1. The number of nitrogens with one attached hydrogen (secondary N) is 1. The molecule has 0 aliphatic carbocycles. The zero-order valence-electron chi connectivity index (χ0n) is 9.55. The average molecular weight is 247 g/mol. The fourth-order valence-corrected chi connectivity index (χ4v) is 1.33. The van der Waals surface area contributed by atoms with E-state index in [1.165, 1.54) is 25.6 Å². The summed E-state index contributed by atoms with van der Waals surface area (Å²) in [5, 5.41) is 2.53. The van der Waals surface area contributed by atoms with Crippen molar-refractivity contribution in [3.05, 3.63) is 48.2 Å².